The van der Waals surface area contributed by atoms with Gasteiger partial charge in [0.15, 0.2) is 0 Å². The van der Waals surface area contributed by atoms with Crippen LogP contribution in [0.1, 0.15) is 18.3 Å². The number of aromatic nitrogens is 2. The van der Waals surface area contributed by atoms with Gasteiger partial charge >= 0.3 is 5.97 Å². The number of fused-ring (bicyclic) bond motifs is 1. The zero-order valence-corrected chi connectivity index (χ0v) is 10.0. The van der Waals surface area contributed by atoms with Crippen molar-refractivity contribution in [2.75, 3.05) is 13.7 Å². The zero-order valence-electron chi connectivity index (χ0n) is 10.0. The molecule has 1 aromatic rings. The van der Waals surface area contributed by atoms with E-state index < -0.39 is 0 Å². The standard InChI is InChI=1S/C11H17N3O3/c1-7(5-16-2)17-11(15)9-3-8-10(4-12-9)14-6-13-8/h6-7,9,12H,3-5H2,1-2H3,(H,13,14). The minimum atomic E-state index is -0.315. The van der Waals surface area contributed by atoms with Crippen LogP contribution in [-0.2, 0) is 27.2 Å². The topological polar surface area (TPSA) is 76.2 Å². The molecule has 0 amide bonds. The van der Waals surface area contributed by atoms with Crippen molar-refractivity contribution in [3.8, 4) is 0 Å². The van der Waals surface area contributed by atoms with Crippen molar-refractivity contribution in [2.24, 2.45) is 0 Å². The van der Waals surface area contributed by atoms with Crippen molar-refractivity contribution < 1.29 is 14.3 Å². The molecule has 6 nitrogen and oxygen atoms in total. The molecule has 2 atom stereocenters. The molecule has 1 aromatic heterocycles. The summed E-state index contributed by atoms with van der Waals surface area (Å²) in [5.41, 5.74) is 1.98. The van der Waals surface area contributed by atoms with Crippen LogP contribution in [-0.4, -0.2) is 41.8 Å². The normalized spacial score (nSPS) is 20.7. The van der Waals surface area contributed by atoms with E-state index in [2.05, 4.69) is 15.3 Å². The van der Waals surface area contributed by atoms with Gasteiger partial charge in [0.2, 0.25) is 0 Å². The molecule has 6 heteroatoms. The van der Waals surface area contributed by atoms with E-state index in [9.17, 15) is 4.79 Å². The largest absolute Gasteiger partial charge is 0.459 e. The summed E-state index contributed by atoms with van der Waals surface area (Å²) in [7, 11) is 1.58. The zero-order chi connectivity index (χ0) is 12.3. The number of H-pyrrole nitrogens is 1. The van der Waals surface area contributed by atoms with Gasteiger partial charge in [0, 0.05) is 20.1 Å². The summed E-state index contributed by atoms with van der Waals surface area (Å²) in [6, 6.07) is -0.315. The van der Waals surface area contributed by atoms with Gasteiger partial charge in [-0.3, -0.25) is 10.1 Å². The van der Waals surface area contributed by atoms with Crippen LogP contribution in [0.5, 0.6) is 0 Å². The van der Waals surface area contributed by atoms with E-state index in [1.54, 1.807) is 13.4 Å². The average molecular weight is 239 g/mol. The SMILES string of the molecule is COCC(C)OC(=O)C1Cc2nc[nH]c2CN1. The number of ether oxygens (including phenoxy) is 2. The predicted octanol–water partition coefficient (Wildman–Crippen LogP) is 0.00210. The van der Waals surface area contributed by atoms with Gasteiger partial charge in [-0.25, -0.2) is 4.98 Å². The lowest BCUT2D eigenvalue weighted by molar-refractivity contribution is -0.153. The van der Waals surface area contributed by atoms with Crippen LogP contribution in [0, 0.1) is 0 Å². The number of imidazole rings is 1. The molecule has 2 unspecified atom stereocenters. The second-order valence-electron chi connectivity index (χ2n) is 4.17. The predicted molar refractivity (Wildman–Crippen MR) is 60.3 cm³/mol. The third-order valence-electron chi connectivity index (χ3n) is 2.73. The van der Waals surface area contributed by atoms with Gasteiger partial charge in [0.1, 0.15) is 12.1 Å². The summed E-state index contributed by atoms with van der Waals surface area (Å²) in [5, 5.41) is 3.12. The number of carbonyl (C=O) groups is 1. The number of aromatic amines is 1. The number of hydrogen-bond donors (Lipinski definition) is 2. The first-order valence-corrected chi connectivity index (χ1v) is 5.64. The minimum Gasteiger partial charge on any atom is -0.459 e. The fourth-order valence-electron chi connectivity index (χ4n) is 1.88. The molecule has 0 bridgehead atoms. The lowest BCUT2D eigenvalue weighted by Crippen LogP contribution is -2.44. The molecule has 0 fully saturated rings. The van der Waals surface area contributed by atoms with E-state index in [4.69, 9.17) is 9.47 Å². The summed E-state index contributed by atoms with van der Waals surface area (Å²) in [4.78, 5) is 19.0. The summed E-state index contributed by atoms with van der Waals surface area (Å²) in [5.74, 6) is -0.247. The Bertz CT molecular complexity index is 391. The van der Waals surface area contributed by atoms with Crippen molar-refractivity contribution in [2.45, 2.75) is 32.0 Å². The average Bonchev–Trinajstić information content (AvgIpc) is 2.75. The molecule has 1 aliphatic rings. The number of nitrogens with one attached hydrogen (secondary N) is 2. The molecule has 2 N–H and O–H groups in total. The molecule has 1 aliphatic heterocycles. The summed E-state index contributed by atoms with van der Waals surface area (Å²) in [6.07, 6.45) is 1.99. The number of rotatable bonds is 4. The van der Waals surface area contributed by atoms with Gasteiger partial charge < -0.3 is 14.5 Å². The number of hydrogen-bond acceptors (Lipinski definition) is 5. The smallest absolute Gasteiger partial charge is 0.323 e. The number of carbonyl (C=O) groups excluding carboxylic acids is 1. The van der Waals surface area contributed by atoms with E-state index >= 15 is 0 Å². The van der Waals surface area contributed by atoms with Crippen molar-refractivity contribution >= 4 is 5.97 Å². The Morgan fingerprint density at radius 2 is 2.53 bits per heavy atom. The van der Waals surface area contributed by atoms with E-state index in [0.717, 1.165) is 11.4 Å². The van der Waals surface area contributed by atoms with Crippen molar-refractivity contribution in [3.63, 3.8) is 0 Å². The quantitative estimate of drug-likeness (QED) is 0.723. The van der Waals surface area contributed by atoms with Crippen molar-refractivity contribution in [1.82, 2.24) is 15.3 Å². The highest BCUT2D eigenvalue weighted by Crippen LogP contribution is 2.13. The third kappa shape index (κ3) is 2.83. The van der Waals surface area contributed by atoms with Crippen molar-refractivity contribution in [3.05, 3.63) is 17.7 Å². The Balaban J connectivity index is 1.90. The van der Waals surface area contributed by atoms with Crippen LogP contribution in [0.2, 0.25) is 0 Å². The van der Waals surface area contributed by atoms with E-state index in [0.29, 0.717) is 19.6 Å². The highest BCUT2D eigenvalue weighted by atomic mass is 16.6. The number of nitrogens with zero attached hydrogens (tertiary/aromatic N) is 1. The maximum atomic E-state index is 11.8. The van der Waals surface area contributed by atoms with Crippen LogP contribution < -0.4 is 5.32 Å². The summed E-state index contributed by atoms with van der Waals surface area (Å²) in [6.45, 7) is 2.84. The Labute approximate surface area is 99.7 Å². The van der Waals surface area contributed by atoms with Gasteiger partial charge in [0.25, 0.3) is 0 Å². The van der Waals surface area contributed by atoms with Gasteiger partial charge in [-0.2, -0.15) is 0 Å². The number of methoxy groups -OCH3 is 1. The highest BCUT2D eigenvalue weighted by molar-refractivity contribution is 5.76. The van der Waals surface area contributed by atoms with Crippen LogP contribution >= 0.6 is 0 Å². The Kier molecular flexibility index (Phi) is 3.75. The first kappa shape index (κ1) is 12.1. The fourth-order valence-corrected chi connectivity index (χ4v) is 1.88. The molecule has 2 heterocycles. The molecule has 2 rings (SSSR count). The van der Waals surface area contributed by atoms with E-state index in [-0.39, 0.29) is 18.1 Å². The maximum absolute atomic E-state index is 11.8. The highest BCUT2D eigenvalue weighted by Gasteiger charge is 2.27. The molecule has 0 aromatic carbocycles. The van der Waals surface area contributed by atoms with Gasteiger partial charge in [-0.05, 0) is 6.92 Å². The Morgan fingerprint density at radius 3 is 3.29 bits per heavy atom. The lowest BCUT2D eigenvalue weighted by Gasteiger charge is -2.23. The molecular weight excluding hydrogens is 222 g/mol. The fraction of sp³-hybridized carbons (Fsp3) is 0.636. The summed E-state index contributed by atoms with van der Waals surface area (Å²) < 4.78 is 10.2. The molecule has 17 heavy (non-hydrogen) atoms. The molecule has 0 spiro atoms. The molecule has 0 saturated carbocycles. The van der Waals surface area contributed by atoms with Crippen LogP contribution in [0.4, 0.5) is 0 Å². The first-order valence-electron chi connectivity index (χ1n) is 5.64. The van der Waals surface area contributed by atoms with E-state index in [1.165, 1.54) is 0 Å². The van der Waals surface area contributed by atoms with Gasteiger partial charge in [-0.1, -0.05) is 0 Å². The summed E-state index contributed by atoms with van der Waals surface area (Å²) >= 11 is 0. The second-order valence-corrected chi connectivity index (χ2v) is 4.17. The van der Waals surface area contributed by atoms with Crippen molar-refractivity contribution in [1.29, 1.82) is 0 Å². The lowest BCUT2D eigenvalue weighted by atomic mass is 10.1. The Morgan fingerprint density at radius 1 is 1.71 bits per heavy atom. The van der Waals surface area contributed by atoms with Crippen LogP contribution in [0.15, 0.2) is 6.33 Å². The molecule has 94 valence electrons. The van der Waals surface area contributed by atoms with E-state index in [1.807, 2.05) is 6.92 Å². The second kappa shape index (κ2) is 5.29. The first-order chi connectivity index (χ1) is 8.20. The van der Waals surface area contributed by atoms with Gasteiger partial charge in [0.05, 0.1) is 24.3 Å². The molecular formula is C11H17N3O3. The van der Waals surface area contributed by atoms with Crippen LogP contribution in [0.3, 0.4) is 0 Å². The maximum Gasteiger partial charge on any atom is 0.323 e. The molecule has 0 aliphatic carbocycles. The monoisotopic (exact) mass is 239 g/mol. The molecule has 0 radical (unpaired) electrons. The third-order valence-corrected chi connectivity index (χ3v) is 2.73. The Hall–Kier alpha value is -1.40. The molecule has 0 saturated heterocycles. The number of esters is 1. The van der Waals surface area contributed by atoms with Crippen LogP contribution in [0.25, 0.3) is 0 Å². The minimum absolute atomic E-state index is 0.227. The van der Waals surface area contributed by atoms with Gasteiger partial charge in [-0.15, -0.1) is 0 Å².